The minimum absolute atomic E-state index is 0.0700. The minimum Gasteiger partial charge on any atom is -0.353 e. The van der Waals surface area contributed by atoms with Gasteiger partial charge in [0.05, 0.1) is 4.90 Å². The summed E-state index contributed by atoms with van der Waals surface area (Å²) in [6.07, 6.45) is 0.775. The van der Waals surface area contributed by atoms with E-state index in [-0.39, 0.29) is 22.8 Å². The standard InChI is InChI=1S/C22H30ClN3O3S/c1-16(2)21(25-30(28,29)20-12-10-18(23)11-13-20)22(27)24-15-19(26(3)4)14-17-8-6-5-7-9-17/h5-13,16,19,21,25H,14-15H2,1-4H3,(H,24,27)/t19?,21-/m0/s1. The van der Waals surface area contributed by atoms with Gasteiger partial charge in [0.15, 0.2) is 0 Å². The summed E-state index contributed by atoms with van der Waals surface area (Å²) < 4.78 is 28.0. The Hall–Kier alpha value is -1.93. The maximum atomic E-state index is 12.8. The zero-order chi connectivity index (χ0) is 22.3. The van der Waals surface area contributed by atoms with Crippen LogP contribution in [0.1, 0.15) is 19.4 Å². The molecule has 6 nitrogen and oxygen atoms in total. The van der Waals surface area contributed by atoms with E-state index in [1.165, 1.54) is 29.8 Å². The molecule has 164 valence electrons. The Kier molecular flexibility index (Phi) is 8.85. The number of hydrogen-bond acceptors (Lipinski definition) is 4. The molecule has 0 aliphatic heterocycles. The number of likely N-dealkylation sites (N-methyl/N-ethyl adjacent to an activating group) is 1. The molecule has 0 aliphatic rings. The first-order valence-electron chi connectivity index (χ1n) is 9.86. The van der Waals surface area contributed by atoms with Crippen LogP contribution in [0.15, 0.2) is 59.5 Å². The van der Waals surface area contributed by atoms with Crippen molar-refractivity contribution >= 4 is 27.5 Å². The summed E-state index contributed by atoms with van der Waals surface area (Å²) in [7, 11) is 0.0729. The first-order chi connectivity index (χ1) is 14.1. The zero-order valence-corrected chi connectivity index (χ0v) is 19.4. The highest BCUT2D eigenvalue weighted by Gasteiger charge is 2.29. The van der Waals surface area contributed by atoms with Crippen LogP contribution in [0.5, 0.6) is 0 Å². The number of benzene rings is 2. The van der Waals surface area contributed by atoms with Gasteiger partial charge in [0, 0.05) is 17.6 Å². The van der Waals surface area contributed by atoms with Crippen molar-refractivity contribution in [3.8, 4) is 0 Å². The van der Waals surface area contributed by atoms with Crippen molar-refractivity contribution in [1.82, 2.24) is 14.9 Å². The second-order valence-corrected chi connectivity index (χ2v) is 10.00. The quantitative estimate of drug-likeness (QED) is 0.582. The monoisotopic (exact) mass is 451 g/mol. The molecule has 0 aliphatic carbocycles. The topological polar surface area (TPSA) is 78.5 Å². The molecule has 1 amide bonds. The molecule has 0 heterocycles. The summed E-state index contributed by atoms with van der Waals surface area (Å²) in [5.41, 5.74) is 1.18. The van der Waals surface area contributed by atoms with E-state index in [1.807, 2.05) is 46.1 Å². The Bertz CT molecular complexity index is 916. The van der Waals surface area contributed by atoms with Crippen molar-refractivity contribution < 1.29 is 13.2 Å². The molecule has 0 bridgehead atoms. The number of carbonyl (C=O) groups is 1. The fourth-order valence-corrected chi connectivity index (χ4v) is 4.46. The highest BCUT2D eigenvalue weighted by Crippen LogP contribution is 2.16. The average molecular weight is 452 g/mol. The van der Waals surface area contributed by atoms with E-state index in [0.717, 1.165) is 6.42 Å². The third-order valence-corrected chi connectivity index (χ3v) is 6.62. The maximum absolute atomic E-state index is 12.8. The molecule has 8 heteroatoms. The van der Waals surface area contributed by atoms with Crippen molar-refractivity contribution in [3.63, 3.8) is 0 Å². The van der Waals surface area contributed by atoms with Gasteiger partial charge in [-0.1, -0.05) is 55.8 Å². The van der Waals surface area contributed by atoms with Gasteiger partial charge < -0.3 is 10.2 Å². The zero-order valence-electron chi connectivity index (χ0n) is 17.8. The first kappa shape index (κ1) is 24.3. The van der Waals surface area contributed by atoms with Gasteiger partial charge in [-0.15, -0.1) is 0 Å². The largest absolute Gasteiger partial charge is 0.353 e. The lowest BCUT2D eigenvalue weighted by Gasteiger charge is -2.27. The first-order valence-corrected chi connectivity index (χ1v) is 11.7. The van der Waals surface area contributed by atoms with E-state index in [2.05, 4.69) is 27.1 Å². The molecule has 1 unspecified atom stereocenters. The predicted octanol–water partition coefficient (Wildman–Crippen LogP) is 2.93. The highest BCUT2D eigenvalue weighted by atomic mass is 35.5. The van der Waals surface area contributed by atoms with Crippen LogP contribution < -0.4 is 10.0 Å². The van der Waals surface area contributed by atoms with Gasteiger partial charge in [-0.25, -0.2) is 8.42 Å². The van der Waals surface area contributed by atoms with Gasteiger partial charge in [0.2, 0.25) is 15.9 Å². The van der Waals surface area contributed by atoms with Gasteiger partial charge in [0.1, 0.15) is 6.04 Å². The summed E-state index contributed by atoms with van der Waals surface area (Å²) >= 11 is 5.84. The molecule has 0 saturated carbocycles. The van der Waals surface area contributed by atoms with Gasteiger partial charge >= 0.3 is 0 Å². The van der Waals surface area contributed by atoms with Crippen LogP contribution in [0.4, 0.5) is 0 Å². The number of amides is 1. The molecule has 0 aromatic heterocycles. The number of rotatable bonds is 10. The van der Waals surface area contributed by atoms with E-state index < -0.39 is 16.1 Å². The van der Waals surface area contributed by atoms with Gasteiger partial charge in [0.25, 0.3) is 0 Å². The van der Waals surface area contributed by atoms with Crippen LogP contribution in [0.3, 0.4) is 0 Å². The summed E-state index contributed by atoms with van der Waals surface area (Å²) in [5.74, 6) is -0.568. The van der Waals surface area contributed by atoms with Crippen LogP contribution in [0.25, 0.3) is 0 Å². The van der Waals surface area contributed by atoms with Crippen molar-refractivity contribution in [3.05, 3.63) is 65.2 Å². The number of nitrogens with zero attached hydrogens (tertiary/aromatic N) is 1. The Morgan fingerprint density at radius 3 is 2.17 bits per heavy atom. The summed E-state index contributed by atoms with van der Waals surface area (Å²) in [5, 5.41) is 3.36. The van der Waals surface area contributed by atoms with Gasteiger partial charge in [-0.05, 0) is 56.3 Å². The second kappa shape index (κ2) is 10.9. The van der Waals surface area contributed by atoms with Crippen LogP contribution >= 0.6 is 11.6 Å². The molecule has 2 rings (SSSR count). The third-order valence-electron chi connectivity index (χ3n) is 4.91. The molecule has 0 saturated heterocycles. The SMILES string of the molecule is CC(C)[C@H](NS(=O)(=O)c1ccc(Cl)cc1)C(=O)NCC(Cc1ccccc1)N(C)C. The van der Waals surface area contributed by atoms with Crippen LogP contribution in [-0.4, -0.2) is 51.9 Å². The average Bonchev–Trinajstić information content (AvgIpc) is 2.69. The molecule has 2 N–H and O–H groups in total. The van der Waals surface area contributed by atoms with Crippen LogP contribution in [0.2, 0.25) is 5.02 Å². The van der Waals surface area contributed by atoms with Crippen LogP contribution in [-0.2, 0) is 21.2 Å². The van der Waals surface area contributed by atoms with E-state index in [9.17, 15) is 13.2 Å². The van der Waals surface area contributed by atoms with Gasteiger partial charge in [-0.2, -0.15) is 4.72 Å². The van der Waals surface area contributed by atoms with E-state index in [4.69, 9.17) is 11.6 Å². The molecule has 30 heavy (non-hydrogen) atoms. The Labute approximate surface area is 184 Å². The predicted molar refractivity (Wildman–Crippen MR) is 121 cm³/mol. The molecule has 2 aromatic carbocycles. The van der Waals surface area contributed by atoms with E-state index >= 15 is 0 Å². The Balaban J connectivity index is 2.06. The van der Waals surface area contributed by atoms with E-state index in [0.29, 0.717) is 11.6 Å². The van der Waals surface area contributed by atoms with E-state index in [1.54, 1.807) is 0 Å². The summed E-state index contributed by atoms with van der Waals surface area (Å²) in [4.78, 5) is 15.0. The van der Waals surface area contributed by atoms with Crippen molar-refractivity contribution in [2.45, 2.75) is 37.2 Å². The lowest BCUT2D eigenvalue weighted by Crippen LogP contribution is -2.52. The lowest BCUT2D eigenvalue weighted by molar-refractivity contribution is -0.123. The molecular weight excluding hydrogens is 422 g/mol. The summed E-state index contributed by atoms with van der Waals surface area (Å²) in [6.45, 7) is 4.02. The molecule has 2 aromatic rings. The number of halogens is 1. The molecule has 0 radical (unpaired) electrons. The number of nitrogens with one attached hydrogen (secondary N) is 2. The number of hydrogen-bond donors (Lipinski definition) is 2. The molecule has 2 atom stereocenters. The van der Waals surface area contributed by atoms with Crippen LogP contribution in [0, 0.1) is 5.92 Å². The molecule has 0 spiro atoms. The maximum Gasteiger partial charge on any atom is 0.241 e. The Morgan fingerprint density at radius 2 is 1.63 bits per heavy atom. The minimum atomic E-state index is -3.85. The third kappa shape index (κ3) is 7.09. The van der Waals surface area contributed by atoms with Gasteiger partial charge in [-0.3, -0.25) is 4.79 Å². The molecular formula is C22H30ClN3O3S. The fraction of sp³-hybridized carbons (Fsp3) is 0.409. The smallest absolute Gasteiger partial charge is 0.241 e. The second-order valence-electron chi connectivity index (χ2n) is 7.85. The molecule has 0 fully saturated rings. The van der Waals surface area contributed by atoms with Crippen molar-refractivity contribution in [1.29, 1.82) is 0 Å². The number of carbonyl (C=O) groups excluding carboxylic acids is 1. The van der Waals surface area contributed by atoms with Crippen molar-refractivity contribution in [2.75, 3.05) is 20.6 Å². The fourth-order valence-electron chi connectivity index (χ4n) is 2.99. The number of sulfonamides is 1. The van der Waals surface area contributed by atoms with Crippen molar-refractivity contribution in [2.24, 2.45) is 5.92 Å². The normalized spacial score (nSPS) is 14.0. The highest BCUT2D eigenvalue weighted by molar-refractivity contribution is 7.89. The Morgan fingerprint density at radius 1 is 1.03 bits per heavy atom. The lowest BCUT2D eigenvalue weighted by atomic mass is 10.0. The summed E-state index contributed by atoms with van der Waals surface area (Å²) in [6, 6.07) is 15.1.